The van der Waals surface area contributed by atoms with Crippen LogP contribution >= 0.6 is 0 Å². The van der Waals surface area contributed by atoms with Gasteiger partial charge in [-0.1, -0.05) is 51.1 Å². The summed E-state index contributed by atoms with van der Waals surface area (Å²) in [5.74, 6) is 0.341. The second-order valence-corrected chi connectivity index (χ2v) is 7.18. The van der Waals surface area contributed by atoms with Gasteiger partial charge in [0.1, 0.15) is 0 Å². The molecule has 1 atom stereocenters. The van der Waals surface area contributed by atoms with E-state index in [1.165, 1.54) is 0 Å². The van der Waals surface area contributed by atoms with Gasteiger partial charge in [0.25, 0.3) is 5.91 Å². The van der Waals surface area contributed by atoms with Crippen molar-refractivity contribution in [3.05, 3.63) is 47.8 Å². The Balaban J connectivity index is 2.15. The molecule has 5 nitrogen and oxygen atoms in total. The van der Waals surface area contributed by atoms with Gasteiger partial charge in [-0.05, 0) is 18.8 Å². The van der Waals surface area contributed by atoms with Crippen molar-refractivity contribution in [2.45, 2.75) is 40.2 Å². The Morgan fingerprint density at radius 3 is 2.46 bits per heavy atom. The highest BCUT2D eigenvalue weighted by Crippen LogP contribution is 2.21. The molecule has 0 spiro atoms. The molecular weight excluding hydrogens is 302 g/mol. The van der Waals surface area contributed by atoms with Crippen molar-refractivity contribution in [1.29, 1.82) is 0 Å². The summed E-state index contributed by atoms with van der Waals surface area (Å²) in [6, 6.07) is 9.35. The van der Waals surface area contributed by atoms with Crippen molar-refractivity contribution in [3.8, 4) is 11.4 Å². The number of aromatic nitrogens is 2. The van der Waals surface area contributed by atoms with Crippen LogP contribution in [0.4, 0.5) is 0 Å². The summed E-state index contributed by atoms with van der Waals surface area (Å²) in [5.41, 5.74) is 1.98. The van der Waals surface area contributed by atoms with Crippen molar-refractivity contribution in [1.82, 2.24) is 15.3 Å². The summed E-state index contributed by atoms with van der Waals surface area (Å²) >= 11 is 0. The lowest BCUT2D eigenvalue weighted by Gasteiger charge is -2.25. The number of benzene rings is 1. The van der Waals surface area contributed by atoms with Crippen LogP contribution in [0.25, 0.3) is 11.4 Å². The quantitative estimate of drug-likeness (QED) is 0.885. The molecule has 2 rings (SSSR count). The van der Waals surface area contributed by atoms with E-state index in [0.717, 1.165) is 5.56 Å². The maximum absolute atomic E-state index is 12.5. The van der Waals surface area contributed by atoms with E-state index >= 15 is 0 Å². The molecule has 1 heterocycles. The minimum Gasteiger partial charge on any atom is -0.394 e. The van der Waals surface area contributed by atoms with E-state index in [2.05, 4.69) is 36.1 Å². The number of aryl methyl sites for hydroxylation is 1. The predicted octanol–water partition coefficient (Wildman–Crippen LogP) is 2.98. The molecule has 24 heavy (non-hydrogen) atoms. The van der Waals surface area contributed by atoms with Crippen LogP contribution in [0.1, 0.15) is 43.2 Å². The molecule has 0 fully saturated rings. The lowest BCUT2D eigenvalue weighted by molar-refractivity contribution is 0.0896. The van der Waals surface area contributed by atoms with Gasteiger partial charge in [-0.3, -0.25) is 4.79 Å². The molecule has 0 bridgehead atoms. The summed E-state index contributed by atoms with van der Waals surface area (Å²) in [6.07, 6.45) is 2.24. The largest absolute Gasteiger partial charge is 0.394 e. The lowest BCUT2D eigenvalue weighted by Crippen LogP contribution is -2.40. The van der Waals surface area contributed by atoms with Crippen LogP contribution in [0.3, 0.4) is 0 Å². The third-order valence-electron chi connectivity index (χ3n) is 3.67. The molecule has 0 saturated heterocycles. The van der Waals surface area contributed by atoms with Gasteiger partial charge in [-0.25, -0.2) is 9.97 Å². The number of aliphatic hydroxyl groups excluding tert-OH is 1. The molecular formula is C19H25N3O2. The number of nitrogens with one attached hydrogen (secondary N) is 1. The molecule has 0 saturated carbocycles. The van der Waals surface area contributed by atoms with Crippen molar-refractivity contribution >= 4 is 5.91 Å². The molecule has 1 aromatic carbocycles. The molecule has 5 heteroatoms. The van der Waals surface area contributed by atoms with Gasteiger partial charge >= 0.3 is 0 Å². The summed E-state index contributed by atoms with van der Waals surface area (Å²) < 4.78 is 0. The van der Waals surface area contributed by atoms with Crippen molar-refractivity contribution < 1.29 is 9.90 Å². The molecule has 2 N–H and O–H groups in total. The number of nitrogens with zero attached hydrogens (tertiary/aromatic N) is 2. The number of carbonyl (C=O) groups is 1. The van der Waals surface area contributed by atoms with E-state index in [4.69, 9.17) is 0 Å². The summed E-state index contributed by atoms with van der Waals surface area (Å²) in [4.78, 5) is 21.2. The zero-order valence-corrected chi connectivity index (χ0v) is 14.7. The van der Waals surface area contributed by atoms with Crippen LogP contribution in [0, 0.1) is 12.3 Å². The van der Waals surface area contributed by atoms with Gasteiger partial charge in [-0.15, -0.1) is 0 Å². The first kappa shape index (κ1) is 18.1. The predicted molar refractivity (Wildman–Crippen MR) is 94.6 cm³/mol. The molecule has 0 aliphatic heterocycles. The van der Waals surface area contributed by atoms with Crippen molar-refractivity contribution in [3.63, 3.8) is 0 Å². The zero-order valence-electron chi connectivity index (χ0n) is 14.7. The molecule has 2 aromatic rings. The fraction of sp³-hybridized carbons (Fsp3) is 0.421. The van der Waals surface area contributed by atoms with E-state index in [-0.39, 0.29) is 24.0 Å². The van der Waals surface area contributed by atoms with E-state index < -0.39 is 0 Å². The SMILES string of the molecule is Cc1nc(-c2ccccc2)ncc1C(=O)NC(CO)CC(C)(C)C. The minimum absolute atomic E-state index is 0.0173. The topological polar surface area (TPSA) is 75.1 Å². The highest BCUT2D eigenvalue weighted by Gasteiger charge is 2.21. The average molecular weight is 327 g/mol. The number of hydrogen-bond donors (Lipinski definition) is 2. The first-order valence-electron chi connectivity index (χ1n) is 8.11. The third kappa shape index (κ3) is 4.86. The number of amides is 1. The van der Waals surface area contributed by atoms with Gasteiger partial charge in [0, 0.05) is 11.8 Å². The van der Waals surface area contributed by atoms with Gasteiger partial charge in [0.05, 0.1) is 23.9 Å². The highest BCUT2D eigenvalue weighted by atomic mass is 16.3. The molecule has 1 unspecified atom stereocenters. The maximum atomic E-state index is 12.5. The second kappa shape index (κ2) is 7.53. The number of aliphatic hydroxyl groups is 1. The van der Waals surface area contributed by atoms with Crippen LogP contribution in [0.2, 0.25) is 0 Å². The molecule has 0 radical (unpaired) electrons. The van der Waals surface area contributed by atoms with Gasteiger partial charge < -0.3 is 10.4 Å². The first-order valence-corrected chi connectivity index (χ1v) is 8.11. The number of rotatable bonds is 5. The maximum Gasteiger partial charge on any atom is 0.254 e. The summed E-state index contributed by atoms with van der Waals surface area (Å²) in [7, 11) is 0. The van der Waals surface area contributed by atoms with E-state index in [1.807, 2.05) is 30.3 Å². The second-order valence-electron chi connectivity index (χ2n) is 7.18. The van der Waals surface area contributed by atoms with Crippen LogP contribution in [-0.2, 0) is 0 Å². The Hall–Kier alpha value is -2.27. The fourth-order valence-electron chi connectivity index (χ4n) is 2.58. The normalized spacial score (nSPS) is 12.7. The molecule has 1 amide bonds. The lowest BCUT2D eigenvalue weighted by atomic mass is 9.88. The third-order valence-corrected chi connectivity index (χ3v) is 3.67. The number of hydrogen-bond acceptors (Lipinski definition) is 4. The van der Waals surface area contributed by atoms with E-state index in [9.17, 15) is 9.90 Å². The smallest absolute Gasteiger partial charge is 0.254 e. The summed E-state index contributed by atoms with van der Waals surface area (Å²) in [6.45, 7) is 7.92. The number of carbonyl (C=O) groups excluding carboxylic acids is 1. The van der Waals surface area contributed by atoms with Crippen LogP contribution in [0.5, 0.6) is 0 Å². The van der Waals surface area contributed by atoms with Crippen LogP contribution in [-0.4, -0.2) is 33.6 Å². The first-order chi connectivity index (χ1) is 11.3. The van der Waals surface area contributed by atoms with Crippen molar-refractivity contribution in [2.24, 2.45) is 5.41 Å². The molecule has 0 aliphatic carbocycles. The van der Waals surface area contributed by atoms with Gasteiger partial charge in [0.2, 0.25) is 0 Å². The minimum atomic E-state index is -0.286. The van der Waals surface area contributed by atoms with E-state index in [1.54, 1.807) is 13.1 Å². The monoisotopic (exact) mass is 327 g/mol. The fourth-order valence-corrected chi connectivity index (χ4v) is 2.58. The molecule has 128 valence electrons. The van der Waals surface area contributed by atoms with Gasteiger partial charge in [0.15, 0.2) is 5.82 Å². The average Bonchev–Trinajstić information content (AvgIpc) is 2.53. The summed E-state index contributed by atoms with van der Waals surface area (Å²) in [5, 5.41) is 12.4. The molecule has 1 aromatic heterocycles. The Kier molecular flexibility index (Phi) is 5.67. The molecule has 0 aliphatic rings. The Morgan fingerprint density at radius 2 is 1.92 bits per heavy atom. The van der Waals surface area contributed by atoms with Crippen LogP contribution in [0.15, 0.2) is 36.5 Å². The Bertz CT molecular complexity index is 694. The van der Waals surface area contributed by atoms with E-state index in [0.29, 0.717) is 23.5 Å². The van der Waals surface area contributed by atoms with Gasteiger partial charge in [-0.2, -0.15) is 0 Å². The van der Waals surface area contributed by atoms with Crippen LogP contribution < -0.4 is 5.32 Å². The van der Waals surface area contributed by atoms with Crippen molar-refractivity contribution in [2.75, 3.05) is 6.61 Å². The Morgan fingerprint density at radius 1 is 1.25 bits per heavy atom. The Labute approximate surface area is 143 Å². The highest BCUT2D eigenvalue weighted by molar-refractivity contribution is 5.95. The standard InChI is InChI=1S/C19H25N3O2/c1-13-16(18(24)22-15(12-23)10-19(2,3)4)11-20-17(21-13)14-8-6-5-7-9-14/h5-9,11,15,23H,10,12H2,1-4H3,(H,22,24). The zero-order chi connectivity index (χ0) is 17.7.